The Hall–Kier alpha value is -2.80. The number of H-pyrrole nitrogens is 1. The van der Waals surface area contributed by atoms with Gasteiger partial charge in [-0.25, -0.2) is 0 Å². The molecule has 0 bridgehead atoms. The highest BCUT2D eigenvalue weighted by atomic mass is 16.5. The molecule has 0 spiro atoms. The zero-order valence-electron chi connectivity index (χ0n) is 14.9. The molecule has 26 heavy (non-hydrogen) atoms. The largest absolute Gasteiger partial charge is 0.491 e. The van der Waals surface area contributed by atoms with Crippen LogP contribution in [0.25, 0.3) is 0 Å². The van der Waals surface area contributed by atoms with Crippen molar-refractivity contribution in [2.24, 2.45) is 5.73 Å². The maximum absolute atomic E-state index is 12.8. The van der Waals surface area contributed by atoms with Crippen LogP contribution in [-0.4, -0.2) is 53.1 Å². The van der Waals surface area contributed by atoms with E-state index in [0.29, 0.717) is 25.4 Å². The summed E-state index contributed by atoms with van der Waals surface area (Å²) in [7, 11) is 0. The number of hydrogen-bond donors (Lipinski definition) is 2. The summed E-state index contributed by atoms with van der Waals surface area (Å²) in [6, 6.07) is 11.0. The van der Waals surface area contributed by atoms with Crippen molar-refractivity contribution in [3.63, 3.8) is 0 Å². The maximum Gasteiger partial charge on any atom is 0.270 e. The fraction of sp³-hybridized carbons (Fsp3) is 0.368. The Morgan fingerprint density at radius 1 is 1.35 bits per heavy atom. The van der Waals surface area contributed by atoms with Crippen LogP contribution in [0.3, 0.4) is 0 Å². The number of morpholine rings is 1. The van der Waals surface area contributed by atoms with Gasteiger partial charge in [0, 0.05) is 12.7 Å². The molecule has 0 aliphatic carbocycles. The maximum atomic E-state index is 12.8. The molecule has 0 unspecified atom stereocenters. The van der Waals surface area contributed by atoms with Crippen LogP contribution in [0.1, 0.15) is 34.7 Å². The molecule has 3 N–H and O–H groups in total. The minimum absolute atomic E-state index is 0.196. The van der Waals surface area contributed by atoms with Gasteiger partial charge in [-0.15, -0.1) is 0 Å². The Morgan fingerprint density at radius 2 is 2.08 bits per heavy atom. The average Bonchev–Trinajstić information content (AvgIpc) is 3.09. The van der Waals surface area contributed by atoms with Crippen molar-refractivity contribution in [3.05, 3.63) is 53.9 Å². The number of carbonyl (C=O) groups excluding carboxylic acids is 2. The Labute approximate surface area is 152 Å². The van der Waals surface area contributed by atoms with Crippen LogP contribution in [0.5, 0.6) is 5.75 Å². The van der Waals surface area contributed by atoms with E-state index >= 15 is 0 Å². The molecule has 0 saturated carbocycles. The summed E-state index contributed by atoms with van der Waals surface area (Å²) < 4.78 is 11.8. The van der Waals surface area contributed by atoms with E-state index in [4.69, 9.17) is 15.2 Å². The molecule has 1 aliphatic heterocycles. The fourth-order valence-corrected chi connectivity index (χ4v) is 3.07. The molecule has 1 aromatic carbocycles. The topological polar surface area (TPSA) is 97.7 Å². The van der Waals surface area contributed by atoms with E-state index in [-0.39, 0.29) is 17.6 Å². The van der Waals surface area contributed by atoms with Crippen molar-refractivity contribution in [2.75, 3.05) is 19.7 Å². The summed E-state index contributed by atoms with van der Waals surface area (Å²) in [5.74, 6) is -0.0110. The molecular weight excluding hydrogens is 334 g/mol. The quantitative estimate of drug-likeness (QED) is 0.853. The number of rotatable bonds is 5. The zero-order chi connectivity index (χ0) is 18.7. The third-order valence-electron chi connectivity index (χ3n) is 4.15. The van der Waals surface area contributed by atoms with Crippen molar-refractivity contribution in [2.45, 2.75) is 25.6 Å². The zero-order valence-corrected chi connectivity index (χ0v) is 14.9. The van der Waals surface area contributed by atoms with Crippen molar-refractivity contribution in [1.82, 2.24) is 9.88 Å². The van der Waals surface area contributed by atoms with E-state index in [1.54, 1.807) is 4.90 Å². The molecule has 3 rings (SSSR count). The lowest BCUT2D eigenvalue weighted by Crippen LogP contribution is -2.56. The van der Waals surface area contributed by atoms with Gasteiger partial charge in [-0.1, -0.05) is 18.2 Å². The normalized spacial score (nSPS) is 19.2. The highest BCUT2D eigenvalue weighted by Gasteiger charge is 2.36. The highest BCUT2D eigenvalue weighted by Crippen LogP contribution is 2.23. The van der Waals surface area contributed by atoms with Crippen LogP contribution in [0.15, 0.2) is 42.6 Å². The molecule has 1 fully saturated rings. The number of hydrogen-bond acceptors (Lipinski definition) is 4. The van der Waals surface area contributed by atoms with Gasteiger partial charge in [0.2, 0.25) is 5.91 Å². The number of ether oxygens (including phenoxy) is 2. The van der Waals surface area contributed by atoms with E-state index in [2.05, 4.69) is 4.98 Å². The van der Waals surface area contributed by atoms with Gasteiger partial charge in [0.1, 0.15) is 24.2 Å². The van der Waals surface area contributed by atoms with Gasteiger partial charge in [-0.2, -0.15) is 0 Å². The van der Waals surface area contributed by atoms with E-state index in [1.165, 1.54) is 12.3 Å². The van der Waals surface area contributed by atoms with Gasteiger partial charge in [0.15, 0.2) is 0 Å². The molecule has 2 amide bonds. The van der Waals surface area contributed by atoms with E-state index in [0.717, 1.165) is 5.75 Å². The van der Waals surface area contributed by atoms with E-state index < -0.39 is 11.5 Å². The number of benzene rings is 1. The molecule has 2 aromatic rings. The summed E-state index contributed by atoms with van der Waals surface area (Å²) in [6.45, 7) is 5.06. The van der Waals surface area contributed by atoms with E-state index in [1.807, 2.05) is 44.2 Å². The summed E-state index contributed by atoms with van der Waals surface area (Å²) in [5.41, 5.74) is 5.36. The van der Waals surface area contributed by atoms with Crippen LogP contribution in [-0.2, 0) is 4.74 Å². The summed E-state index contributed by atoms with van der Waals surface area (Å²) in [4.78, 5) is 28.5. The predicted octanol–water partition coefficient (Wildman–Crippen LogP) is 1.81. The van der Waals surface area contributed by atoms with Crippen molar-refractivity contribution >= 4 is 11.8 Å². The van der Waals surface area contributed by atoms with E-state index in [9.17, 15) is 9.59 Å². The van der Waals surface area contributed by atoms with Gasteiger partial charge in [0.25, 0.3) is 5.91 Å². The number of carbonyl (C=O) groups is 2. The first-order chi connectivity index (χ1) is 12.3. The first-order valence-corrected chi connectivity index (χ1v) is 8.47. The molecule has 7 nitrogen and oxygen atoms in total. The second kappa shape index (κ2) is 7.21. The molecule has 1 aliphatic rings. The number of nitrogens with zero attached hydrogens (tertiary/aromatic N) is 1. The molecule has 1 atom stereocenters. The second-order valence-corrected chi connectivity index (χ2v) is 6.98. The summed E-state index contributed by atoms with van der Waals surface area (Å²) in [6.07, 6.45) is 1.19. The minimum atomic E-state index is -0.572. The molecule has 138 valence electrons. The smallest absolute Gasteiger partial charge is 0.270 e. The average molecular weight is 357 g/mol. The van der Waals surface area contributed by atoms with Gasteiger partial charge in [-0.05, 0) is 32.0 Å². The summed E-state index contributed by atoms with van der Waals surface area (Å²) in [5, 5.41) is 0. The molecule has 2 heterocycles. The number of aromatic nitrogens is 1. The van der Waals surface area contributed by atoms with Crippen LogP contribution >= 0.6 is 0 Å². The van der Waals surface area contributed by atoms with Crippen LogP contribution in [0.4, 0.5) is 0 Å². The van der Waals surface area contributed by atoms with Crippen molar-refractivity contribution in [3.8, 4) is 5.75 Å². The Balaban J connectivity index is 1.68. The lowest BCUT2D eigenvalue weighted by Gasteiger charge is -2.42. The fourth-order valence-electron chi connectivity index (χ4n) is 3.07. The monoisotopic (exact) mass is 357 g/mol. The number of nitrogens with two attached hydrogens (primary N) is 1. The van der Waals surface area contributed by atoms with Crippen LogP contribution < -0.4 is 10.5 Å². The number of nitrogens with one attached hydrogen (secondary N) is 1. The Bertz CT molecular complexity index is 785. The molecule has 7 heteroatoms. The van der Waals surface area contributed by atoms with Gasteiger partial charge in [0.05, 0.1) is 17.7 Å². The summed E-state index contributed by atoms with van der Waals surface area (Å²) >= 11 is 0. The molecule has 1 aromatic heterocycles. The SMILES string of the molecule is CC1(C)CN(C(=O)c2cc(C(N)=O)c[nH]2)C[C@H](COc2ccccc2)O1. The minimum Gasteiger partial charge on any atom is -0.491 e. The van der Waals surface area contributed by atoms with Crippen LogP contribution in [0.2, 0.25) is 0 Å². The molecule has 0 radical (unpaired) electrons. The Morgan fingerprint density at radius 3 is 2.73 bits per heavy atom. The number of para-hydroxylation sites is 1. The molecular formula is C19H23N3O4. The third kappa shape index (κ3) is 4.23. The Kier molecular flexibility index (Phi) is 4.99. The van der Waals surface area contributed by atoms with Gasteiger partial charge < -0.3 is 25.1 Å². The lowest BCUT2D eigenvalue weighted by molar-refractivity contribution is -0.136. The van der Waals surface area contributed by atoms with Crippen molar-refractivity contribution < 1.29 is 19.1 Å². The van der Waals surface area contributed by atoms with Crippen molar-refractivity contribution in [1.29, 1.82) is 0 Å². The predicted molar refractivity (Wildman–Crippen MR) is 96.1 cm³/mol. The first kappa shape index (κ1) is 18.0. The highest BCUT2D eigenvalue weighted by molar-refractivity contribution is 5.98. The van der Waals surface area contributed by atoms with Gasteiger partial charge >= 0.3 is 0 Å². The molecule has 1 saturated heterocycles. The number of amides is 2. The first-order valence-electron chi connectivity index (χ1n) is 8.47. The number of primary amides is 1. The number of aromatic amines is 1. The lowest BCUT2D eigenvalue weighted by atomic mass is 10.0. The second-order valence-electron chi connectivity index (χ2n) is 6.98. The van der Waals surface area contributed by atoms with Crippen LogP contribution in [0, 0.1) is 0 Å². The third-order valence-corrected chi connectivity index (χ3v) is 4.15. The van der Waals surface area contributed by atoms with Gasteiger partial charge in [-0.3, -0.25) is 9.59 Å². The standard InChI is InChI=1S/C19H23N3O4/c1-19(2)12-22(18(24)16-8-13(9-21-16)17(20)23)10-15(26-19)11-25-14-6-4-3-5-7-14/h3-9,15,21H,10-12H2,1-2H3,(H2,20,23)/t15-/m1/s1.